The summed E-state index contributed by atoms with van der Waals surface area (Å²) in [4.78, 5) is 9.61. The molecule has 0 unspecified atom stereocenters. The normalized spacial score (nSPS) is 26.9. The minimum atomic E-state index is 0.590. The molecule has 4 nitrogen and oxygen atoms in total. The van der Waals surface area contributed by atoms with Crippen LogP contribution in [0, 0.1) is 0 Å². The van der Waals surface area contributed by atoms with Gasteiger partial charge in [0.25, 0.3) is 0 Å². The second kappa shape index (κ2) is 4.66. The highest BCUT2D eigenvalue weighted by Crippen LogP contribution is 2.23. The number of nitrogens with one attached hydrogen (secondary N) is 2. The molecule has 1 aromatic heterocycles. The molecule has 0 radical (unpaired) electrons. The van der Waals surface area contributed by atoms with Gasteiger partial charge >= 0.3 is 0 Å². The summed E-state index contributed by atoms with van der Waals surface area (Å²) in [6.45, 7) is 0. The van der Waals surface area contributed by atoms with Crippen molar-refractivity contribution in [2.75, 3.05) is 19.4 Å². The third-order valence-electron chi connectivity index (χ3n) is 3.27. The Hall–Kier alpha value is -1.03. The Morgan fingerprint density at radius 1 is 1.33 bits per heavy atom. The molecule has 0 aromatic carbocycles. The number of rotatable bonds is 3. The zero-order chi connectivity index (χ0) is 10.7. The minimum absolute atomic E-state index is 0.590. The molecule has 2 rings (SSSR count). The van der Waals surface area contributed by atoms with E-state index in [1.807, 2.05) is 6.20 Å². The summed E-state index contributed by atoms with van der Waals surface area (Å²) in [7, 11) is 4.34. The number of imidazole rings is 1. The van der Waals surface area contributed by atoms with Crippen molar-refractivity contribution < 1.29 is 0 Å². The fraction of sp³-hybridized carbons (Fsp3) is 0.727. The van der Waals surface area contributed by atoms with Gasteiger partial charge in [-0.05, 0) is 39.8 Å². The second-order valence-corrected chi connectivity index (χ2v) is 4.55. The van der Waals surface area contributed by atoms with Gasteiger partial charge in [-0.15, -0.1) is 0 Å². The summed E-state index contributed by atoms with van der Waals surface area (Å²) in [5.41, 5.74) is 0. The summed E-state index contributed by atoms with van der Waals surface area (Å²) in [6, 6.07) is 1.35. The highest BCUT2D eigenvalue weighted by molar-refractivity contribution is 5.24. The van der Waals surface area contributed by atoms with Crippen molar-refractivity contribution in [1.82, 2.24) is 14.9 Å². The minimum Gasteiger partial charge on any atom is -0.353 e. The third kappa shape index (κ3) is 2.72. The highest BCUT2D eigenvalue weighted by Gasteiger charge is 2.22. The molecule has 0 amide bonds. The maximum Gasteiger partial charge on any atom is 0.200 e. The van der Waals surface area contributed by atoms with E-state index in [9.17, 15) is 0 Å². The Kier molecular flexibility index (Phi) is 3.26. The number of hydrogen-bond donors (Lipinski definition) is 2. The zero-order valence-corrected chi connectivity index (χ0v) is 9.53. The Morgan fingerprint density at radius 2 is 2.07 bits per heavy atom. The van der Waals surface area contributed by atoms with Gasteiger partial charge in [0.05, 0.1) is 0 Å². The average molecular weight is 208 g/mol. The van der Waals surface area contributed by atoms with Gasteiger partial charge in [-0.1, -0.05) is 0 Å². The van der Waals surface area contributed by atoms with Crippen molar-refractivity contribution in [3.05, 3.63) is 12.4 Å². The first-order valence-corrected chi connectivity index (χ1v) is 5.68. The van der Waals surface area contributed by atoms with E-state index in [4.69, 9.17) is 0 Å². The highest BCUT2D eigenvalue weighted by atomic mass is 15.1. The van der Waals surface area contributed by atoms with E-state index >= 15 is 0 Å². The van der Waals surface area contributed by atoms with Crippen LogP contribution in [0.1, 0.15) is 25.7 Å². The zero-order valence-electron chi connectivity index (χ0n) is 9.53. The summed E-state index contributed by atoms with van der Waals surface area (Å²) in [5.74, 6) is 0.906. The molecule has 0 spiro atoms. The first-order chi connectivity index (χ1) is 7.25. The van der Waals surface area contributed by atoms with Crippen molar-refractivity contribution in [3.8, 4) is 0 Å². The van der Waals surface area contributed by atoms with Crippen LogP contribution in [0.15, 0.2) is 12.4 Å². The van der Waals surface area contributed by atoms with Crippen LogP contribution < -0.4 is 5.32 Å². The lowest BCUT2D eigenvalue weighted by Gasteiger charge is -2.32. The Morgan fingerprint density at radius 3 is 2.60 bits per heavy atom. The molecule has 15 heavy (non-hydrogen) atoms. The molecule has 84 valence electrons. The molecule has 0 bridgehead atoms. The summed E-state index contributed by atoms with van der Waals surface area (Å²) >= 11 is 0. The van der Waals surface area contributed by atoms with Crippen LogP contribution in [-0.2, 0) is 0 Å². The molecule has 1 fully saturated rings. The number of H-pyrrole nitrogens is 1. The molecular weight excluding hydrogens is 188 g/mol. The third-order valence-corrected chi connectivity index (χ3v) is 3.27. The maximum atomic E-state index is 4.19. The van der Waals surface area contributed by atoms with E-state index in [0.717, 1.165) is 12.0 Å². The SMILES string of the molecule is CN(C)C1CCC(Nc2ncc[nH]2)CC1. The van der Waals surface area contributed by atoms with Gasteiger partial charge in [0.1, 0.15) is 0 Å². The standard InChI is InChI=1S/C11H20N4/c1-15(2)10-5-3-9(4-6-10)14-11-12-7-8-13-11/h7-10H,3-6H2,1-2H3,(H2,12,13,14). The molecule has 0 aliphatic heterocycles. The molecule has 1 heterocycles. The van der Waals surface area contributed by atoms with Crippen LogP contribution in [0.4, 0.5) is 5.95 Å². The van der Waals surface area contributed by atoms with E-state index in [1.165, 1.54) is 25.7 Å². The number of nitrogens with zero attached hydrogens (tertiary/aromatic N) is 2. The van der Waals surface area contributed by atoms with Crippen LogP contribution >= 0.6 is 0 Å². The topological polar surface area (TPSA) is 44.0 Å². The Bertz CT molecular complexity index is 273. The average Bonchev–Trinajstić information content (AvgIpc) is 2.71. The van der Waals surface area contributed by atoms with E-state index in [1.54, 1.807) is 6.20 Å². The fourth-order valence-electron chi connectivity index (χ4n) is 2.27. The van der Waals surface area contributed by atoms with E-state index in [0.29, 0.717) is 6.04 Å². The summed E-state index contributed by atoms with van der Waals surface area (Å²) < 4.78 is 0. The van der Waals surface area contributed by atoms with Gasteiger partial charge in [0.15, 0.2) is 5.95 Å². The van der Waals surface area contributed by atoms with Gasteiger partial charge in [-0.25, -0.2) is 4.98 Å². The van der Waals surface area contributed by atoms with Crippen molar-refractivity contribution in [2.24, 2.45) is 0 Å². The van der Waals surface area contributed by atoms with Crippen LogP contribution in [0.5, 0.6) is 0 Å². The molecule has 0 atom stereocenters. The molecule has 4 heteroatoms. The number of anilines is 1. The molecule has 0 saturated heterocycles. The van der Waals surface area contributed by atoms with Gasteiger partial charge in [-0.2, -0.15) is 0 Å². The largest absolute Gasteiger partial charge is 0.353 e. The van der Waals surface area contributed by atoms with Gasteiger partial charge < -0.3 is 15.2 Å². The van der Waals surface area contributed by atoms with Gasteiger partial charge in [0, 0.05) is 24.5 Å². The number of hydrogen-bond acceptors (Lipinski definition) is 3. The second-order valence-electron chi connectivity index (χ2n) is 4.55. The first-order valence-electron chi connectivity index (χ1n) is 5.68. The van der Waals surface area contributed by atoms with Crippen LogP contribution in [-0.4, -0.2) is 41.0 Å². The molecule has 1 aromatic rings. The molecule has 1 aliphatic rings. The van der Waals surface area contributed by atoms with Crippen molar-refractivity contribution in [1.29, 1.82) is 0 Å². The lowest BCUT2D eigenvalue weighted by atomic mass is 9.91. The monoisotopic (exact) mass is 208 g/mol. The maximum absolute atomic E-state index is 4.19. The predicted molar refractivity (Wildman–Crippen MR) is 61.9 cm³/mol. The van der Waals surface area contributed by atoms with E-state index in [2.05, 4.69) is 34.3 Å². The van der Waals surface area contributed by atoms with Gasteiger partial charge in [-0.3, -0.25) is 0 Å². The Balaban J connectivity index is 1.79. The molecule has 1 aliphatic carbocycles. The van der Waals surface area contributed by atoms with Crippen molar-refractivity contribution >= 4 is 5.95 Å². The molecular formula is C11H20N4. The van der Waals surface area contributed by atoms with Gasteiger partial charge in [0.2, 0.25) is 0 Å². The summed E-state index contributed by atoms with van der Waals surface area (Å²) in [6.07, 6.45) is 8.69. The fourth-order valence-corrected chi connectivity index (χ4v) is 2.27. The summed E-state index contributed by atoms with van der Waals surface area (Å²) in [5, 5.41) is 3.44. The lowest BCUT2D eigenvalue weighted by molar-refractivity contribution is 0.221. The predicted octanol–water partition coefficient (Wildman–Crippen LogP) is 1.69. The van der Waals surface area contributed by atoms with E-state index < -0.39 is 0 Å². The lowest BCUT2D eigenvalue weighted by Crippen LogP contribution is -2.36. The first kappa shape index (κ1) is 10.5. The number of aromatic nitrogens is 2. The number of aromatic amines is 1. The van der Waals surface area contributed by atoms with E-state index in [-0.39, 0.29) is 0 Å². The van der Waals surface area contributed by atoms with Crippen molar-refractivity contribution in [2.45, 2.75) is 37.8 Å². The Labute approximate surface area is 91.1 Å². The molecule has 2 N–H and O–H groups in total. The molecule has 1 saturated carbocycles. The van der Waals surface area contributed by atoms with Crippen LogP contribution in [0.25, 0.3) is 0 Å². The quantitative estimate of drug-likeness (QED) is 0.794. The van der Waals surface area contributed by atoms with Crippen molar-refractivity contribution in [3.63, 3.8) is 0 Å². The van der Waals surface area contributed by atoms with Crippen LogP contribution in [0.2, 0.25) is 0 Å². The smallest absolute Gasteiger partial charge is 0.200 e. The van der Waals surface area contributed by atoms with Crippen LogP contribution in [0.3, 0.4) is 0 Å².